The van der Waals surface area contributed by atoms with Crippen LogP contribution in [0.5, 0.6) is 11.5 Å². The molecule has 0 spiro atoms. The van der Waals surface area contributed by atoms with E-state index in [0.717, 1.165) is 5.56 Å². The Balaban J connectivity index is 2.31. The molecule has 0 bridgehead atoms. The maximum Gasteiger partial charge on any atom is 0.132 e. The van der Waals surface area contributed by atoms with Gasteiger partial charge in [-0.1, -0.05) is 17.7 Å². The minimum absolute atomic E-state index is 0.0217. The minimum atomic E-state index is -0.251. The number of hydrogen-bond donors (Lipinski definition) is 1. The molecule has 0 aliphatic carbocycles. The van der Waals surface area contributed by atoms with Crippen LogP contribution in [0, 0.1) is 12.7 Å². The standard InChI is InChI=1S/C16H17ClFNO/c1-10-7-14(5-6-15(10)18)20-16-9-13(17)4-3-12(16)8-11(2)19/h3-7,9,11H,8,19H2,1-2H3. The van der Waals surface area contributed by atoms with Gasteiger partial charge in [0.25, 0.3) is 0 Å². The molecule has 2 nitrogen and oxygen atoms in total. The molecule has 2 rings (SSSR count). The van der Waals surface area contributed by atoms with Crippen molar-refractivity contribution in [2.24, 2.45) is 5.73 Å². The number of nitrogens with two attached hydrogens (primary N) is 1. The van der Waals surface area contributed by atoms with Crippen molar-refractivity contribution in [1.82, 2.24) is 0 Å². The highest BCUT2D eigenvalue weighted by Gasteiger charge is 2.09. The zero-order chi connectivity index (χ0) is 14.7. The van der Waals surface area contributed by atoms with E-state index in [2.05, 4.69) is 0 Å². The third-order valence-corrected chi connectivity index (χ3v) is 3.16. The van der Waals surface area contributed by atoms with Gasteiger partial charge in [-0.3, -0.25) is 0 Å². The molecule has 0 aliphatic heterocycles. The Kier molecular flexibility index (Phi) is 4.63. The summed E-state index contributed by atoms with van der Waals surface area (Å²) >= 11 is 6.00. The van der Waals surface area contributed by atoms with Gasteiger partial charge in [0.05, 0.1) is 0 Å². The Morgan fingerprint density at radius 1 is 1.25 bits per heavy atom. The van der Waals surface area contributed by atoms with Gasteiger partial charge < -0.3 is 10.5 Å². The second kappa shape index (κ2) is 6.25. The molecule has 4 heteroatoms. The third kappa shape index (κ3) is 3.71. The zero-order valence-electron chi connectivity index (χ0n) is 11.5. The molecule has 0 fully saturated rings. The van der Waals surface area contributed by atoms with Crippen molar-refractivity contribution < 1.29 is 9.13 Å². The average molecular weight is 294 g/mol. The van der Waals surface area contributed by atoms with Crippen LogP contribution in [-0.4, -0.2) is 6.04 Å². The first-order valence-corrected chi connectivity index (χ1v) is 6.81. The molecule has 2 aromatic carbocycles. The van der Waals surface area contributed by atoms with Crippen LogP contribution in [0.1, 0.15) is 18.1 Å². The first kappa shape index (κ1) is 14.8. The first-order chi connectivity index (χ1) is 9.45. The van der Waals surface area contributed by atoms with Crippen molar-refractivity contribution in [2.75, 3.05) is 0 Å². The first-order valence-electron chi connectivity index (χ1n) is 6.43. The lowest BCUT2D eigenvalue weighted by Crippen LogP contribution is -2.18. The van der Waals surface area contributed by atoms with E-state index in [9.17, 15) is 4.39 Å². The summed E-state index contributed by atoms with van der Waals surface area (Å²) in [4.78, 5) is 0. The van der Waals surface area contributed by atoms with Crippen molar-refractivity contribution in [3.63, 3.8) is 0 Å². The highest BCUT2D eigenvalue weighted by Crippen LogP contribution is 2.30. The Morgan fingerprint density at radius 2 is 2.00 bits per heavy atom. The molecule has 0 radical (unpaired) electrons. The van der Waals surface area contributed by atoms with Crippen molar-refractivity contribution in [1.29, 1.82) is 0 Å². The molecule has 0 aromatic heterocycles. The second-order valence-corrected chi connectivity index (χ2v) is 5.38. The molecule has 0 saturated heterocycles. The minimum Gasteiger partial charge on any atom is -0.457 e. The number of halogens is 2. The summed E-state index contributed by atoms with van der Waals surface area (Å²) in [5.41, 5.74) is 7.35. The van der Waals surface area contributed by atoms with Crippen LogP contribution in [0.4, 0.5) is 4.39 Å². The number of rotatable bonds is 4. The van der Waals surface area contributed by atoms with E-state index < -0.39 is 0 Å². The fourth-order valence-electron chi connectivity index (χ4n) is 1.95. The van der Waals surface area contributed by atoms with E-state index in [1.807, 2.05) is 19.1 Å². The van der Waals surface area contributed by atoms with E-state index in [4.69, 9.17) is 22.1 Å². The van der Waals surface area contributed by atoms with Crippen LogP contribution in [0.3, 0.4) is 0 Å². The number of aryl methyl sites for hydroxylation is 1. The predicted molar refractivity (Wildman–Crippen MR) is 80.0 cm³/mol. The molecular weight excluding hydrogens is 277 g/mol. The summed E-state index contributed by atoms with van der Waals surface area (Å²) in [5, 5.41) is 0.590. The Morgan fingerprint density at radius 3 is 2.65 bits per heavy atom. The van der Waals surface area contributed by atoms with E-state index in [1.54, 1.807) is 25.1 Å². The van der Waals surface area contributed by atoms with Gasteiger partial charge >= 0.3 is 0 Å². The molecule has 1 unspecified atom stereocenters. The fraction of sp³-hybridized carbons (Fsp3) is 0.250. The van der Waals surface area contributed by atoms with Crippen LogP contribution < -0.4 is 10.5 Å². The lowest BCUT2D eigenvalue weighted by Gasteiger charge is -2.14. The second-order valence-electron chi connectivity index (χ2n) is 4.95. The molecule has 20 heavy (non-hydrogen) atoms. The summed E-state index contributed by atoms with van der Waals surface area (Å²) in [6, 6.07) is 10.1. The van der Waals surface area contributed by atoms with Gasteiger partial charge in [-0.25, -0.2) is 4.39 Å². The summed E-state index contributed by atoms with van der Waals surface area (Å²) in [5.74, 6) is 0.983. The van der Waals surface area contributed by atoms with Crippen LogP contribution in [0.25, 0.3) is 0 Å². The molecule has 2 N–H and O–H groups in total. The summed E-state index contributed by atoms with van der Waals surface area (Å²) in [6.07, 6.45) is 0.687. The lowest BCUT2D eigenvalue weighted by atomic mass is 10.1. The topological polar surface area (TPSA) is 35.2 Å². The normalized spacial score (nSPS) is 12.2. The van der Waals surface area contributed by atoms with Gasteiger partial charge in [-0.15, -0.1) is 0 Å². The van der Waals surface area contributed by atoms with Gasteiger partial charge in [0, 0.05) is 11.1 Å². The molecule has 0 amide bonds. The van der Waals surface area contributed by atoms with Gasteiger partial charge in [0.15, 0.2) is 0 Å². The van der Waals surface area contributed by atoms with Gasteiger partial charge in [0.1, 0.15) is 17.3 Å². The Bertz CT molecular complexity index is 613. The van der Waals surface area contributed by atoms with Gasteiger partial charge in [-0.05, 0) is 61.7 Å². The van der Waals surface area contributed by atoms with E-state index >= 15 is 0 Å². The van der Waals surface area contributed by atoms with Crippen LogP contribution in [0.15, 0.2) is 36.4 Å². The van der Waals surface area contributed by atoms with Crippen molar-refractivity contribution in [3.05, 3.63) is 58.4 Å². The smallest absolute Gasteiger partial charge is 0.132 e. The molecule has 2 aromatic rings. The lowest BCUT2D eigenvalue weighted by molar-refractivity contribution is 0.471. The van der Waals surface area contributed by atoms with E-state index in [1.165, 1.54) is 6.07 Å². The Labute approximate surface area is 123 Å². The van der Waals surface area contributed by atoms with Crippen LogP contribution in [-0.2, 0) is 6.42 Å². The van der Waals surface area contributed by atoms with Gasteiger partial charge in [-0.2, -0.15) is 0 Å². The average Bonchev–Trinajstić information content (AvgIpc) is 2.37. The highest BCUT2D eigenvalue weighted by molar-refractivity contribution is 6.30. The fourth-order valence-corrected chi connectivity index (χ4v) is 2.11. The van der Waals surface area contributed by atoms with Gasteiger partial charge in [0.2, 0.25) is 0 Å². The molecule has 1 atom stereocenters. The SMILES string of the molecule is Cc1cc(Oc2cc(Cl)ccc2CC(C)N)ccc1F. The molecular formula is C16H17ClFNO. The summed E-state index contributed by atoms with van der Waals surface area (Å²) < 4.78 is 19.1. The summed E-state index contributed by atoms with van der Waals surface area (Å²) in [7, 11) is 0. The third-order valence-electron chi connectivity index (χ3n) is 2.93. The molecule has 0 saturated carbocycles. The molecule has 0 aliphatic rings. The van der Waals surface area contributed by atoms with Crippen molar-refractivity contribution in [2.45, 2.75) is 26.3 Å². The number of hydrogen-bond acceptors (Lipinski definition) is 2. The maximum atomic E-state index is 13.3. The van der Waals surface area contributed by atoms with Crippen molar-refractivity contribution in [3.8, 4) is 11.5 Å². The van der Waals surface area contributed by atoms with Crippen molar-refractivity contribution >= 4 is 11.6 Å². The molecule has 106 valence electrons. The number of ether oxygens (including phenoxy) is 1. The summed E-state index contributed by atoms with van der Waals surface area (Å²) in [6.45, 7) is 3.63. The van der Waals surface area contributed by atoms with Crippen LogP contribution in [0.2, 0.25) is 5.02 Å². The van der Waals surface area contributed by atoms with E-state index in [-0.39, 0.29) is 11.9 Å². The maximum absolute atomic E-state index is 13.3. The quantitative estimate of drug-likeness (QED) is 0.902. The van der Waals surface area contributed by atoms with E-state index in [0.29, 0.717) is 28.5 Å². The predicted octanol–water partition coefficient (Wildman–Crippen LogP) is 4.47. The Hall–Kier alpha value is -1.58. The van der Waals surface area contributed by atoms with Crippen LogP contribution >= 0.6 is 11.6 Å². The highest BCUT2D eigenvalue weighted by atomic mass is 35.5. The largest absolute Gasteiger partial charge is 0.457 e. The zero-order valence-corrected chi connectivity index (χ0v) is 12.2. The number of benzene rings is 2. The monoisotopic (exact) mass is 293 g/mol. The molecule has 0 heterocycles.